The van der Waals surface area contributed by atoms with Gasteiger partial charge in [0.2, 0.25) is 0 Å². The molecule has 0 fully saturated rings. The van der Waals surface area contributed by atoms with Crippen LogP contribution in [0.1, 0.15) is 29.0 Å². The lowest BCUT2D eigenvalue weighted by atomic mass is 9.89. The summed E-state index contributed by atoms with van der Waals surface area (Å²) in [4.78, 5) is 0. The van der Waals surface area contributed by atoms with Crippen LogP contribution in [-0.2, 0) is 12.8 Å². The summed E-state index contributed by atoms with van der Waals surface area (Å²) < 4.78 is 5.33. The summed E-state index contributed by atoms with van der Waals surface area (Å²) in [6.45, 7) is 0. The van der Waals surface area contributed by atoms with Crippen LogP contribution in [0.2, 0.25) is 0 Å². The maximum Gasteiger partial charge on any atom is 0.119 e. The van der Waals surface area contributed by atoms with E-state index < -0.39 is 0 Å². The molecular weight excluding hydrogens is 258 g/mol. The van der Waals surface area contributed by atoms with E-state index in [9.17, 15) is 0 Å². The van der Waals surface area contributed by atoms with Gasteiger partial charge in [0, 0.05) is 12.0 Å². The smallest absolute Gasteiger partial charge is 0.119 e. The van der Waals surface area contributed by atoms with E-state index in [0.717, 1.165) is 12.2 Å². The molecule has 2 nitrogen and oxygen atoms in total. The number of ether oxygens (including phenoxy) is 1. The zero-order chi connectivity index (χ0) is 14.7. The average molecular weight is 281 g/mol. The first kappa shape index (κ1) is 14.2. The van der Waals surface area contributed by atoms with Gasteiger partial charge in [-0.1, -0.05) is 36.4 Å². The third-order valence-corrected chi connectivity index (χ3v) is 4.63. The first-order valence-electron chi connectivity index (χ1n) is 7.70. The highest BCUT2D eigenvalue weighted by Gasteiger charge is 2.28. The van der Waals surface area contributed by atoms with Gasteiger partial charge in [-0.25, -0.2) is 0 Å². The van der Waals surface area contributed by atoms with Gasteiger partial charge in [-0.2, -0.15) is 0 Å². The Morgan fingerprint density at radius 2 is 2.05 bits per heavy atom. The molecule has 2 atom stereocenters. The van der Waals surface area contributed by atoms with E-state index in [0.29, 0.717) is 12.0 Å². The van der Waals surface area contributed by atoms with E-state index >= 15 is 0 Å². The Kier molecular flexibility index (Phi) is 4.26. The summed E-state index contributed by atoms with van der Waals surface area (Å²) in [6.07, 6.45) is 3.48. The molecule has 0 aromatic heterocycles. The summed E-state index contributed by atoms with van der Waals surface area (Å²) in [5.74, 6) is 1.55. The summed E-state index contributed by atoms with van der Waals surface area (Å²) in [7, 11) is 3.80. The zero-order valence-corrected chi connectivity index (χ0v) is 12.8. The first-order chi connectivity index (χ1) is 10.3. The summed E-state index contributed by atoms with van der Waals surface area (Å²) in [5.41, 5.74) is 4.38. The molecule has 110 valence electrons. The zero-order valence-electron chi connectivity index (χ0n) is 12.8. The van der Waals surface area contributed by atoms with Gasteiger partial charge in [0.25, 0.3) is 0 Å². The van der Waals surface area contributed by atoms with Crippen LogP contribution >= 0.6 is 0 Å². The van der Waals surface area contributed by atoms with Crippen molar-refractivity contribution in [2.45, 2.75) is 31.2 Å². The van der Waals surface area contributed by atoms with Gasteiger partial charge < -0.3 is 10.1 Å². The summed E-state index contributed by atoms with van der Waals surface area (Å²) >= 11 is 0. The van der Waals surface area contributed by atoms with Crippen LogP contribution in [0.5, 0.6) is 5.75 Å². The quantitative estimate of drug-likeness (QED) is 0.905. The number of methoxy groups -OCH3 is 1. The molecule has 0 saturated carbocycles. The lowest BCUT2D eigenvalue weighted by Gasteiger charge is -2.24. The van der Waals surface area contributed by atoms with Crippen LogP contribution < -0.4 is 10.1 Å². The SMILES string of the molecule is CNC(Cc1cccc(OC)c1)C1CCc2ccccc21. The van der Waals surface area contributed by atoms with Crippen molar-refractivity contribution in [2.24, 2.45) is 0 Å². The molecule has 2 aromatic carbocycles. The Labute approximate surface area is 127 Å². The predicted octanol–water partition coefficient (Wildman–Crippen LogP) is 3.56. The highest BCUT2D eigenvalue weighted by Crippen LogP contribution is 2.36. The van der Waals surface area contributed by atoms with Crippen molar-refractivity contribution in [3.63, 3.8) is 0 Å². The van der Waals surface area contributed by atoms with Crippen molar-refractivity contribution >= 4 is 0 Å². The molecule has 3 rings (SSSR count). The molecule has 0 aliphatic heterocycles. The Bertz CT molecular complexity index is 608. The molecule has 0 bridgehead atoms. The third-order valence-electron chi connectivity index (χ3n) is 4.63. The molecule has 0 saturated heterocycles. The fourth-order valence-corrected chi connectivity index (χ4v) is 3.51. The minimum absolute atomic E-state index is 0.473. The number of hydrogen-bond donors (Lipinski definition) is 1. The molecule has 0 heterocycles. The number of aryl methyl sites for hydroxylation is 1. The Morgan fingerprint density at radius 1 is 1.19 bits per heavy atom. The summed E-state index contributed by atoms with van der Waals surface area (Å²) in [5, 5.41) is 3.53. The Balaban J connectivity index is 1.80. The first-order valence-corrected chi connectivity index (χ1v) is 7.70. The predicted molar refractivity (Wildman–Crippen MR) is 87.0 cm³/mol. The number of fused-ring (bicyclic) bond motifs is 1. The van der Waals surface area contributed by atoms with Crippen molar-refractivity contribution in [3.8, 4) is 5.75 Å². The van der Waals surface area contributed by atoms with Crippen LogP contribution in [0.15, 0.2) is 48.5 Å². The van der Waals surface area contributed by atoms with E-state index in [2.05, 4.69) is 54.8 Å². The molecule has 1 N–H and O–H groups in total. The number of hydrogen-bond acceptors (Lipinski definition) is 2. The van der Waals surface area contributed by atoms with E-state index in [1.807, 2.05) is 6.07 Å². The Morgan fingerprint density at radius 3 is 2.86 bits per heavy atom. The van der Waals surface area contributed by atoms with E-state index in [1.54, 1.807) is 7.11 Å². The van der Waals surface area contributed by atoms with Crippen molar-refractivity contribution in [1.29, 1.82) is 0 Å². The van der Waals surface area contributed by atoms with Crippen LogP contribution in [0, 0.1) is 0 Å². The molecule has 1 aliphatic carbocycles. The highest BCUT2D eigenvalue weighted by molar-refractivity contribution is 5.37. The van der Waals surface area contributed by atoms with Crippen molar-refractivity contribution in [2.75, 3.05) is 14.2 Å². The number of likely N-dealkylation sites (N-methyl/N-ethyl adjacent to an activating group) is 1. The summed E-state index contributed by atoms with van der Waals surface area (Å²) in [6, 6.07) is 17.8. The fourth-order valence-electron chi connectivity index (χ4n) is 3.51. The van der Waals surface area contributed by atoms with Crippen molar-refractivity contribution in [1.82, 2.24) is 5.32 Å². The molecular formula is C19H23NO. The van der Waals surface area contributed by atoms with E-state index in [4.69, 9.17) is 4.74 Å². The minimum Gasteiger partial charge on any atom is -0.497 e. The molecule has 1 aliphatic rings. The second kappa shape index (κ2) is 6.31. The maximum atomic E-state index is 5.33. The third kappa shape index (κ3) is 2.96. The van der Waals surface area contributed by atoms with Gasteiger partial charge in [-0.05, 0) is 55.1 Å². The molecule has 0 radical (unpaired) electrons. The number of nitrogens with one attached hydrogen (secondary N) is 1. The van der Waals surface area contributed by atoms with Crippen LogP contribution in [0.3, 0.4) is 0 Å². The van der Waals surface area contributed by atoms with Crippen molar-refractivity contribution < 1.29 is 4.74 Å². The van der Waals surface area contributed by atoms with E-state index in [1.165, 1.54) is 29.5 Å². The van der Waals surface area contributed by atoms with Gasteiger partial charge >= 0.3 is 0 Å². The molecule has 2 heteroatoms. The lowest BCUT2D eigenvalue weighted by molar-refractivity contribution is 0.412. The fraction of sp³-hybridized carbons (Fsp3) is 0.368. The topological polar surface area (TPSA) is 21.3 Å². The largest absolute Gasteiger partial charge is 0.497 e. The number of rotatable bonds is 5. The molecule has 2 unspecified atom stereocenters. The van der Waals surface area contributed by atoms with Crippen LogP contribution in [-0.4, -0.2) is 20.2 Å². The average Bonchev–Trinajstić information content (AvgIpc) is 2.97. The maximum absolute atomic E-state index is 5.33. The van der Waals surface area contributed by atoms with Crippen LogP contribution in [0.4, 0.5) is 0 Å². The van der Waals surface area contributed by atoms with Gasteiger partial charge in [0.1, 0.15) is 5.75 Å². The monoisotopic (exact) mass is 281 g/mol. The second-order valence-electron chi connectivity index (χ2n) is 5.79. The van der Waals surface area contributed by atoms with Gasteiger partial charge in [0.15, 0.2) is 0 Å². The van der Waals surface area contributed by atoms with Gasteiger partial charge in [-0.3, -0.25) is 0 Å². The standard InChI is InChI=1S/C19H23NO/c1-20-19(13-14-6-5-8-16(12-14)21-2)18-11-10-15-7-3-4-9-17(15)18/h3-9,12,18-20H,10-11,13H2,1-2H3. The van der Waals surface area contributed by atoms with Gasteiger partial charge in [-0.15, -0.1) is 0 Å². The second-order valence-corrected chi connectivity index (χ2v) is 5.79. The van der Waals surface area contributed by atoms with Crippen molar-refractivity contribution in [3.05, 3.63) is 65.2 Å². The molecule has 0 amide bonds. The normalized spacial score (nSPS) is 18.3. The Hall–Kier alpha value is -1.80. The molecule has 0 spiro atoms. The molecule has 21 heavy (non-hydrogen) atoms. The molecule has 2 aromatic rings. The number of benzene rings is 2. The minimum atomic E-state index is 0.473. The lowest BCUT2D eigenvalue weighted by Crippen LogP contribution is -2.33. The highest BCUT2D eigenvalue weighted by atomic mass is 16.5. The van der Waals surface area contributed by atoms with E-state index in [-0.39, 0.29) is 0 Å². The van der Waals surface area contributed by atoms with Gasteiger partial charge in [0.05, 0.1) is 7.11 Å². The van der Waals surface area contributed by atoms with Crippen LogP contribution in [0.25, 0.3) is 0 Å².